The van der Waals surface area contributed by atoms with Crippen LogP contribution in [0.4, 0.5) is 0 Å². The Balaban J connectivity index is 2.49. The third-order valence-electron chi connectivity index (χ3n) is 2.49. The van der Waals surface area contributed by atoms with E-state index in [1.807, 2.05) is 6.92 Å². The predicted molar refractivity (Wildman–Crippen MR) is 45.6 cm³/mol. The van der Waals surface area contributed by atoms with Gasteiger partial charge in [0.2, 0.25) is 0 Å². The van der Waals surface area contributed by atoms with Crippen LogP contribution in [-0.2, 0) is 4.79 Å². The van der Waals surface area contributed by atoms with E-state index in [4.69, 9.17) is 0 Å². The van der Waals surface area contributed by atoms with Gasteiger partial charge >= 0.3 is 0 Å². The molecule has 1 fully saturated rings. The molecular weight excluding hydrogens is 138 g/mol. The fourth-order valence-electron chi connectivity index (χ4n) is 1.80. The highest BCUT2D eigenvalue weighted by Crippen LogP contribution is 2.17. The third-order valence-corrected chi connectivity index (χ3v) is 2.49. The Morgan fingerprint density at radius 3 is 2.82 bits per heavy atom. The minimum Gasteiger partial charge on any atom is -0.298 e. The number of Topliss-reactive ketones (excluding diaryl/α,β-unsaturated/α-hetero) is 1. The van der Waals surface area contributed by atoms with Crippen LogP contribution in [0.25, 0.3) is 0 Å². The van der Waals surface area contributed by atoms with E-state index in [1.165, 1.54) is 6.42 Å². The summed E-state index contributed by atoms with van der Waals surface area (Å²) in [6.45, 7) is 6.22. The highest BCUT2D eigenvalue weighted by molar-refractivity contribution is 5.83. The van der Waals surface area contributed by atoms with Crippen molar-refractivity contribution in [2.75, 3.05) is 13.1 Å². The Morgan fingerprint density at radius 2 is 2.27 bits per heavy atom. The standard InChI is InChI=1S/C9H17NO/c1-3-9(11)8-6-5-7-10(8)4-2/h8H,3-7H2,1-2H3/t8-/m0/s1. The maximum Gasteiger partial charge on any atom is 0.149 e. The smallest absolute Gasteiger partial charge is 0.149 e. The van der Waals surface area contributed by atoms with Crippen molar-refractivity contribution < 1.29 is 4.79 Å². The third kappa shape index (κ3) is 1.80. The SMILES string of the molecule is CCC(=O)[C@@H]1CCCN1CC. The van der Waals surface area contributed by atoms with Gasteiger partial charge in [-0.1, -0.05) is 13.8 Å². The van der Waals surface area contributed by atoms with E-state index in [9.17, 15) is 4.79 Å². The van der Waals surface area contributed by atoms with Crippen LogP contribution in [0.3, 0.4) is 0 Å². The average molecular weight is 155 g/mol. The van der Waals surface area contributed by atoms with Gasteiger partial charge in [0.1, 0.15) is 5.78 Å². The summed E-state index contributed by atoms with van der Waals surface area (Å²) >= 11 is 0. The number of likely N-dealkylation sites (N-methyl/N-ethyl adjacent to an activating group) is 1. The normalized spacial score (nSPS) is 25.8. The van der Waals surface area contributed by atoms with E-state index in [0.29, 0.717) is 12.2 Å². The number of carbonyl (C=O) groups excluding carboxylic acids is 1. The fourth-order valence-corrected chi connectivity index (χ4v) is 1.80. The molecule has 1 aliphatic heterocycles. The lowest BCUT2D eigenvalue weighted by Crippen LogP contribution is -2.35. The van der Waals surface area contributed by atoms with Gasteiger partial charge in [0.25, 0.3) is 0 Å². The Hall–Kier alpha value is -0.370. The molecule has 1 aliphatic rings. The monoisotopic (exact) mass is 155 g/mol. The van der Waals surface area contributed by atoms with Crippen molar-refractivity contribution in [2.24, 2.45) is 0 Å². The quantitative estimate of drug-likeness (QED) is 0.615. The maximum absolute atomic E-state index is 11.3. The second-order valence-electron chi connectivity index (χ2n) is 3.11. The van der Waals surface area contributed by atoms with E-state index >= 15 is 0 Å². The molecule has 0 unspecified atom stereocenters. The van der Waals surface area contributed by atoms with Gasteiger partial charge in [0, 0.05) is 6.42 Å². The number of ketones is 1. The lowest BCUT2D eigenvalue weighted by atomic mass is 10.1. The van der Waals surface area contributed by atoms with E-state index < -0.39 is 0 Å². The molecule has 0 aliphatic carbocycles. The van der Waals surface area contributed by atoms with E-state index in [-0.39, 0.29) is 6.04 Å². The number of nitrogens with zero attached hydrogens (tertiary/aromatic N) is 1. The Kier molecular flexibility index (Phi) is 3.06. The molecule has 0 bridgehead atoms. The highest BCUT2D eigenvalue weighted by atomic mass is 16.1. The van der Waals surface area contributed by atoms with Crippen LogP contribution in [0.15, 0.2) is 0 Å². The summed E-state index contributed by atoms with van der Waals surface area (Å²) in [7, 11) is 0. The molecule has 0 aromatic carbocycles. The minimum absolute atomic E-state index is 0.255. The number of hydrogen-bond acceptors (Lipinski definition) is 2. The molecule has 0 N–H and O–H groups in total. The summed E-state index contributed by atoms with van der Waals surface area (Å²) in [6, 6.07) is 0.255. The Labute approximate surface area is 68.6 Å². The van der Waals surface area contributed by atoms with Gasteiger partial charge < -0.3 is 0 Å². The van der Waals surface area contributed by atoms with Crippen molar-refractivity contribution in [3.05, 3.63) is 0 Å². The summed E-state index contributed by atoms with van der Waals surface area (Å²) < 4.78 is 0. The molecule has 0 radical (unpaired) electrons. The second kappa shape index (κ2) is 3.86. The van der Waals surface area contributed by atoms with Gasteiger partial charge in [0.05, 0.1) is 6.04 Å². The molecule has 2 nitrogen and oxygen atoms in total. The average Bonchev–Trinajstić information content (AvgIpc) is 2.50. The summed E-state index contributed by atoms with van der Waals surface area (Å²) in [5.41, 5.74) is 0. The zero-order valence-electron chi connectivity index (χ0n) is 7.47. The van der Waals surface area contributed by atoms with E-state index in [1.54, 1.807) is 0 Å². The number of rotatable bonds is 3. The minimum atomic E-state index is 0.255. The van der Waals surface area contributed by atoms with Crippen molar-refractivity contribution in [3.8, 4) is 0 Å². The first-order valence-electron chi connectivity index (χ1n) is 4.56. The molecule has 1 heterocycles. The van der Waals surface area contributed by atoms with Crippen LogP contribution in [0.5, 0.6) is 0 Å². The summed E-state index contributed by atoms with van der Waals surface area (Å²) in [6.07, 6.45) is 2.98. The van der Waals surface area contributed by atoms with Crippen LogP contribution >= 0.6 is 0 Å². The molecule has 64 valence electrons. The fraction of sp³-hybridized carbons (Fsp3) is 0.889. The van der Waals surface area contributed by atoms with Crippen molar-refractivity contribution in [2.45, 2.75) is 39.2 Å². The van der Waals surface area contributed by atoms with Crippen molar-refractivity contribution in [1.82, 2.24) is 4.90 Å². The molecule has 0 amide bonds. The lowest BCUT2D eigenvalue weighted by Gasteiger charge is -2.20. The van der Waals surface area contributed by atoms with Gasteiger partial charge in [-0.15, -0.1) is 0 Å². The van der Waals surface area contributed by atoms with Crippen molar-refractivity contribution in [1.29, 1.82) is 0 Å². The first kappa shape index (κ1) is 8.72. The molecule has 11 heavy (non-hydrogen) atoms. The highest BCUT2D eigenvalue weighted by Gasteiger charge is 2.27. The number of carbonyl (C=O) groups is 1. The van der Waals surface area contributed by atoms with Crippen LogP contribution < -0.4 is 0 Å². The van der Waals surface area contributed by atoms with Crippen LogP contribution in [0, 0.1) is 0 Å². The van der Waals surface area contributed by atoms with E-state index in [2.05, 4.69) is 11.8 Å². The molecule has 0 aromatic heterocycles. The van der Waals surface area contributed by atoms with Crippen molar-refractivity contribution in [3.63, 3.8) is 0 Å². The summed E-state index contributed by atoms with van der Waals surface area (Å²) in [5.74, 6) is 0.421. The largest absolute Gasteiger partial charge is 0.298 e. The van der Waals surface area contributed by atoms with Gasteiger partial charge in [-0.05, 0) is 25.9 Å². The zero-order valence-corrected chi connectivity index (χ0v) is 7.47. The van der Waals surface area contributed by atoms with Crippen LogP contribution in [0.2, 0.25) is 0 Å². The van der Waals surface area contributed by atoms with Crippen LogP contribution in [0.1, 0.15) is 33.1 Å². The first-order chi connectivity index (χ1) is 5.29. The summed E-state index contributed by atoms with van der Waals surface area (Å²) in [4.78, 5) is 13.6. The molecule has 1 rings (SSSR count). The van der Waals surface area contributed by atoms with Gasteiger partial charge in [-0.2, -0.15) is 0 Å². The molecular formula is C9H17NO. The Morgan fingerprint density at radius 1 is 1.55 bits per heavy atom. The lowest BCUT2D eigenvalue weighted by molar-refractivity contribution is -0.122. The molecule has 1 atom stereocenters. The summed E-state index contributed by atoms with van der Waals surface area (Å²) in [5, 5.41) is 0. The second-order valence-corrected chi connectivity index (χ2v) is 3.11. The molecule has 0 saturated carbocycles. The van der Waals surface area contributed by atoms with Gasteiger partial charge in [-0.25, -0.2) is 0 Å². The number of hydrogen-bond donors (Lipinski definition) is 0. The maximum atomic E-state index is 11.3. The van der Waals surface area contributed by atoms with E-state index in [0.717, 1.165) is 19.5 Å². The number of likely N-dealkylation sites (tertiary alicyclic amines) is 1. The molecule has 2 heteroatoms. The topological polar surface area (TPSA) is 20.3 Å². The van der Waals surface area contributed by atoms with Crippen LogP contribution in [-0.4, -0.2) is 29.8 Å². The predicted octanol–water partition coefficient (Wildman–Crippen LogP) is 1.45. The molecule has 0 spiro atoms. The Bertz CT molecular complexity index is 144. The molecule has 0 aromatic rings. The molecule has 1 saturated heterocycles. The first-order valence-corrected chi connectivity index (χ1v) is 4.56. The van der Waals surface area contributed by atoms with Gasteiger partial charge in [-0.3, -0.25) is 9.69 Å². The zero-order chi connectivity index (χ0) is 8.27. The van der Waals surface area contributed by atoms with Gasteiger partial charge in [0.15, 0.2) is 0 Å². The van der Waals surface area contributed by atoms with Crippen molar-refractivity contribution >= 4 is 5.78 Å².